The Morgan fingerprint density at radius 1 is 1.17 bits per heavy atom. The number of halogens is 3. The quantitative estimate of drug-likeness (QED) is 0.693. The van der Waals surface area contributed by atoms with Crippen molar-refractivity contribution in [1.82, 2.24) is 5.32 Å². The Morgan fingerprint density at radius 2 is 1.83 bits per heavy atom. The van der Waals surface area contributed by atoms with Crippen LogP contribution in [0.4, 0.5) is 0 Å². The van der Waals surface area contributed by atoms with Crippen LogP contribution in [-0.4, -0.2) is 18.5 Å². The van der Waals surface area contributed by atoms with E-state index in [0.29, 0.717) is 5.02 Å². The van der Waals surface area contributed by atoms with E-state index in [1.807, 2.05) is 31.2 Å². The maximum atomic E-state index is 12.0. The summed E-state index contributed by atoms with van der Waals surface area (Å²) in [6.45, 7) is 1.44. The summed E-state index contributed by atoms with van der Waals surface area (Å²) in [5.41, 5.74) is 1.06. The molecule has 4 nitrogen and oxygen atoms in total. The van der Waals surface area contributed by atoms with Crippen LogP contribution in [0.5, 0.6) is 0 Å². The van der Waals surface area contributed by atoms with Crippen LogP contribution in [-0.2, 0) is 9.53 Å². The predicted octanol–water partition coefficient (Wildman–Crippen LogP) is 4.79. The van der Waals surface area contributed by atoms with Crippen molar-refractivity contribution in [3.8, 4) is 0 Å². The molecule has 0 saturated carbocycles. The van der Waals surface area contributed by atoms with Gasteiger partial charge in [-0.25, -0.2) is 4.79 Å². The zero-order valence-electron chi connectivity index (χ0n) is 12.7. The number of ether oxygens (including phenoxy) is 1. The molecular weight excluding hydrogens is 417 g/mol. The van der Waals surface area contributed by atoms with Gasteiger partial charge in [0.05, 0.1) is 16.6 Å². The number of esters is 1. The molecule has 1 unspecified atom stereocenters. The molecular formula is C17H14BrCl2NO3. The summed E-state index contributed by atoms with van der Waals surface area (Å²) in [4.78, 5) is 23.9. The number of benzene rings is 2. The minimum absolute atomic E-state index is 0.123. The molecule has 1 atom stereocenters. The molecule has 24 heavy (non-hydrogen) atoms. The average Bonchev–Trinajstić information content (AvgIpc) is 2.55. The highest BCUT2D eigenvalue weighted by Gasteiger charge is 2.15. The molecule has 0 radical (unpaired) electrons. The van der Waals surface area contributed by atoms with Crippen molar-refractivity contribution < 1.29 is 14.3 Å². The fourth-order valence-corrected chi connectivity index (χ4v) is 2.61. The SMILES string of the molecule is CC(NC(=O)COC(=O)c1cc(Cl)ccc1Cl)c1ccc(Br)cc1. The largest absolute Gasteiger partial charge is 0.452 e. The number of nitrogens with one attached hydrogen (secondary N) is 1. The van der Waals surface area contributed by atoms with Crippen molar-refractivity contribution in [1.29, 1.82) is 0 Å². The van der Waals surface area contributed by atoms with E-state index >= 15 is 0 Å². The highest BCUT2D eigenvalue weighted by Crippen LogP contribution is 2.21. The monoisotopic (exact) mass is 429 g/mol. The molecule has 0 saturated heterocycles. The molecule has 2 aromatic rings. The number of rotatable bonds is 5. The molecule has 0 aliphatic heterocycles. The van der Waals surface area contributed by atoms with Crippen LogP contribution in [0, 0.1) is 0 Å². The zero-order valence-corrected chi connectivity index (χ0v) is 15.8. The van der Waals surface area contributed by atoms with Crippen molar-refractivity contribution in [3.05, 3.63) is 68.1 Å². The van der Waals surface area contributed by atoms with Gasteiger partial charge in [0.1, 0.15) is 0 Å². The Hall–Kier alpha value is -1.56. The van der Waals surface area contributed by atoms with Crippen molar-refractivity contribution in [2.45, 2.75) is 13.0 Å². The Kier molecular flexibility index (Phi) is 6.66. The van der Waals surface area contributed by atoms with Crippen LogP contribution in [0.25, 0.3) is 0 Å². The molecule has 0 fully saturated rings. The van der Waals surface area contributed by atoms with Gasteiger partial charge in [0, 0.05) is 9.50 Å². The van der Waals surface area contributed by atoms with Crippen molar-refractivity contribution in [2.24, 2.45) is 0 Å². The third kappa shape index (κ3) is 5.23. The minimum atomic E-state index is -0.700. The van der Waals surface area contributed by atoms with Crippen LogP contribution in [0.2, 0.25) is 10.0 Å². The first-order chi connectivity index (χ1) is 11.4. The Morgan fingerprint density at radius 3 is 2.50 bits per heavy atom. The minimum Gasteiger partial charge on any atom is -0.452 e. The van der Waals surface area contributed by atoms with Gasteiger partial charge in [-0.2, -0.15) is 0 Å². The average molecular weight is 431 g/mol. The summed E-state index contributed by atoms with van der Waals surface area (Å²) in [5.74, 6) is -1.11. The van der Waals surface area contributed by atoms with E-state index in [2.05, 4.69) is 21.2 Å². The Labute approximate surface area is 158 Å². The fourth-order valence-electron chi connectivity index (χ4n) is 1.98. The molecule has 0 bridgehead atoms. The molecule has 0 aliphatic carbocycles. The topological polar surface area (TPSA) is 55.4 Å². The summed E-state index contributed by atoms with van der Waals surface area (Å²) < 4.78 is 5.94. The molecule has 1 N–H and O–H groups in total. The molecule has 7 heteroatoms. The van der Waals surface area contributed by atoms with Crippen molar-refractivity contribution in [2.75, 3.05) is 6.61 Å². The lowest BCUT2D eigenvalue weighted by Crippen LogP contribution is -2.31. The third-order valence-electron chi connectivity index (χ3n) is 3.23. The number of carbonyl (C=O) groups is 2. The maximum absolute atomic E-state index is 12.0. The molecule has 126 valence electrons. The molecule has 0 spiro atoms. The van der Waals surface area contributed by atoms with Crippen LogP contribution in [0.15, 0.2) is 46.9 Å². The van der Waals surface area contributed by atoms with Gasteiger partial charge in [0.25, 0.3) is 5.91 Å². The van der Waals surface area contributed by atoms with E-state index in [1.165, 1.54) is 12.1 Å². The van der Waals surface area contributed by atoms with Gasteiger partial charge in [-0.05, 0) is 42.8 Å². The second-order valence-corrected chi connectivity index (χ2v) is 6.80. The van der Waals surface area contributed by atoms with E-state index in [4.69, 9.17) is 27.9 Å². The molecule has 2 aromatic carbocycles. The maximum Gasteiger partial charge on any atom is 0.340 e. The molecule has 1 amide bonds. The lowest BCUT2D eigenvalue weighted by Gasteiger charge is -2.14. The number of hydrogen-bond acceptors (Lipinski definition) is 3. The summed E-state index contributed by atoms with van der Waals surface area (Å²) in [5, 5.41) is 3.33. The van der Waals surface area contributed by atoms with Gasteiger partial charge in [-0.3, -0.25) is 4.79 Å². The van der Waals surface area contributed by atoms with Crippen LogP contribution < -0.4 is 5.32 Å². The lowest BCUT2D eigenvalue weighted by atomic mass is 10.1. The van der Waals surface area contributed by atoms with E-state index in [0.717, 1.165) is 10.0 Å². The fraction of sp³-hybridized carbons (Fsp3) is 0.176. The molecule has 0 heterocycles. The molecule has 0 aromatic heterocycles. The normalized spacial score (nSPS) is 11.7. The predicted molar refractivity (Wildman–Crippen MR) is 97.4 cm³/mol. The smallest absolute Gasteiger partial charge is 0.340 e. The lowest BCUT2D eigenvalue weighted by molar-refractivity contribution is -0.124. The number of carbonyl (C=O) groups excluding carboxylic acids is 2. The van der Waals surface area contributed by atoms with Gasteiger partial charge in [-0.15, -0.1) is 0 Å². The summed E-state index contributed by atoms with van der Waals surface area (Å²) in [7, 11) is 0. The standard InChI is InChI=1S/C17H14BrCl2NO3/c1-10(11-2-4-12(18)5-3-11)21-16(22)9-24-17(23)14-8-13(19)6-7-15(14)20/h2-8,10H,9H2,1H3,(H,21,22). The first-order valence-corrected chi connectivity index (χ1v) is 8.58. The third-order valence-corrected chi connectivity index (χ3v) is 4.32. The Bertz CT molecular complexity index is 750. The van der Waals surface area contributed by atoms with Crippen molar-refractivity contribution in [3.63, 3.8) is 0 Å². The van der Waals surface area contributed by atoms with Gasteiger partial charge >= 0.3 is 5.97 Å². The van der Waals surface area contributed by atoms with Gasteiger partial charge in [0.15, 0.2) is 6.61 Å². The summed E-state index contributed by atoms with van der Waals surface area (Å²) >= 11 is 15.1. The van der Waals surface area contributed by atoms with Gasteiger partial charge in [-0.1, -0.05) is 51.3 Å². The first kappa shape index (κ1) is 18.8. The summed E-state index contributed by atoms with van der Waals surface area (Å²) in [6.07, 6.45) is 0. The first-order valence-electron chi connectivity index (χ1n) is 7.04. The Balaban J connectivity index is 1.89. The van der Waals surface area contributed by atoms with E-state index in [-0.39, 0.29) is 16.6 Å². The van der Waals surface area contributed by atoms with Crippen LogP contribution >= 0.6 is 39.1 Å². The van der Waals surface area contributed by atoms with E-state index in [1.54, 1.807) is 6.07 Å². The number of amides is 1. The van der Waals surface area contributed by atoms with Crippen LogP contribution in [0.1, 0.15) is 28.9 Å². The highest BCUT2D eigenvalue weighted by molar-refractivity contribution is 9.10. The van der Waals surface area contributed by atoms with Gasteiger partial charge in [0.2, 0.25) is 0 Å². The second-order valence-electron chi connectivity index (χ2n) is 5.04. The van der Waals surface area contributed by atoms with Gasteiger partial charge < -0.3 is 10.1 Å². The van der Waals surface area contributed by atoms with Crippen molar-refractivity contribution >= 4 is 51.0 Å². The van der Waals surface area contributed by atoms with E-state index in [9.17, 15) is 9.59 Å². The van der Waals surface area contributed by atoms with Crippen LogP contribution in [0.3, 0.4) is 0 Å². The zero-order chi connectivity index (χ0) is 17.7. The highest BCUT2D eigenvalue weighted by atomic mass is 79.9. The summed E-state index contributed by atoms with van der Waals surface area (Å²) in [6, 6.07) is 11.8. The van der Waals surface area contributed by atoms with E-state index < -0.39 is 18.5 Å². The number of hydrogen-bond donors (Lipinski definition) is 1. The molecule has 2 rings (SSSR count). The second kappa shape index (κ2) is 8.51. The molecule has 0 aliphatic rings.